The maximum atomic E-state index is 12.7. The summed E-state index contributed by atoms with van der Waals surface area (Å²) in [5, 5.41) is 8.32. The molecule has 0 bridgehead atoms. The number of alkyl halides is 2. The van der Waals surface area contributed by atoms with Gasteiger partial charge in [0.25, 0.3) is 5.92 Å². The fourth-order valence-corrected chi connectivity index (χ4v) is 2.20. The number of hydrogen-bond donors (Lipinski definition) is 3. The van der Waals surface area contributed by atoms with Crippen molar-refractivity contribution >= 4 is 15.9 Å². The molecule has 1 aromatic rings. The van der Waals surface area contributed by atoms with Crippen LogP contribution in [0.3, 0.4) is 0 Å². The van der Waals surface area contributed by atoms with Crippen LogP contribution in [-0.4, -0.2) is 38.5 Å². The molecule has 1 rings (SSSR count). The lowest BCUT2D eigenvalue weighted by molar-refractivity contribution is -0.0437. The van der Waals surface area contributed by atoms with Crippen LogP contribution in [0, 0.1) is 0 Å². The highest BCUT2D eigenvalue weighted by Gasteiger charge is 2.30. The number of aliphatic hydroxyl groups is 1. The number of aliphatic hydroxyl groups excluding tert-OH is 1. The maximum Gasteiger partial charge on any atom is 0.283 e. The molecule has 0 aliphatic rings. The van der Waals surface area contributed by atoms with Crippen molar-refractivity contribution in [1.82, 2.24) is 4.72 Å². The van der Waals surface area contributed by atoms with Crippen molar-refractivity contribution in [2.75, 3.05) is 13.2 Å². The molecule has 0 unspecified atom stereocenters. The topological polar surface area (TPSA) is 109 Å². The third-order valence-electron chi connectivity index (χ3n) is 2.20. The summed E-state index contributed by atoms with van der Waals surface area (Å²) in [7, 11) is -4.14. The maximum absolute atomic E-state index is 12.7. The van der Waals surface area contributed by atoms with Gasteiger partial charge in [-0.15, -0.1) is 0 Å². The van der Waals surface area contributed by atoms with Crippen LogP contribution in [-0.2, 0) is 10.0 Å². The third kappa shape index (κ3) is 4.23. The van der Waals surface area contributed by atoms with Crippen LogP contribution in [0.2, 0.25) is 0 Å². The first-order valence-corrected chi connectivity index (χ1v) is 6.54. The highest BCUT2D eigenvalue weighted by Crippen LogP contribution is 2.14. The van der Waals surface area contributed by atoms with Crippen LogP contribution in [0.5, 0.6) is 0 Å². The van der Waals surface area contributed by atoms with Gasteiger partial charge in [-0.3, -0.25) is 4.79 Å². The largest absolute Gasteiger partial charge is 0.390 e. The molecule has 0 aromatic heterocycles. The Kier molecular flexibility index (Phi) is 4.56. The minimum absolute atomic E-state index is 0.0969. The summed E-state index contributed by atoms with van der Waals surface area (Å²) in [6.07, 6.45) is 0. The van der Waals surface area contributed by atoms with E-state index in [4.69, 9.17) is 10.8 Å². The first-order chi connectivity index (χ1) is 8.68. The van der Waals surface area contributed by atoms with Crippen LogP contribution in [0.15, 0.2) is 29.2 Å². The molecule has 0 saturated carbocycles. The fraction of sp³-hybridized carbons (Fsp3) is 0.300. The Hall–Kier alpha value is -1.58. The Morgan fingerprint density at radius 3 is 2.26 bits per heavy atom. The quantitative estimate of drug-likeness (QED) is 0.668. The van der Waals surface area contributed by atoms with Gasteiger partial charge in [0.05, 0.1) is 11.4 Å². The second kappa shape index (κ2) is 5.59. The van der Waals surface area contributed by atoms with E-state index < -0.39 is 35.0 Å². The molecule has 0 fully saturated rings. The first-order valence-electron chi connectivity index (χ1n) is 5.06. The van der Waals surface area contributed by atoms with E-state index in [0.29, 0.717) is 0 Å². The van der Waals surface area contributed by atoms with Crippen LogP contribution in [0.4, 0.5) is 8.78 Å². The van der Waals surface area contributed by atoms with Gasteiger partial charge in [0, 0.05) is 5.56 Å². The number of amides is 1. The van der Waals surface area contributed by atoms with Crippen molar-refractivity contribution in [3.63, 3.8) is 0 Å². The predicted molar refractivity (Wildman–Crippen MR) is 62.2 cm³/mol. The van der Waals surface area contributed by atoms with E-state index in [1.807, 2.05) is 0 Å². The van der Waals surface area contributed by atoms with Crippen molar-refractivity contribution in [3.8, 4) is 0 Å². The molecule has 0 heterocycles. The van der Waals surface area contributed by atoms with E-state index in [9.17, 15) is 22.0 Å². The SMILES string of the molecule is NC(=O)c1ccc(S(=O)(=O)NCC(F)(F)CO)cc1. The lowest BCUT2D eigenvalue weighted by Gasteiger charge is -2.14. The molecule has 1 amide bonds. The summed E-state index contributed by atoms with van der Waals surface area (Å²) in [5.41, 5.74) is 5.07. The van der Waals surface area contributed by atoms with E-state index in [-0.39, 0.29) is 10.5 Å². The number of carbonyl (C=O) groups excluding carboxylic acids is 1. The fourth-order valence-electron chi connectivity index (χ4n) is 1.14. The molecule has 0 aliphatic carbocycles. The van der Waals surface area contributed by atoms with Gasteiger partial charge >= 0.3 is 0 Å². The Morgan fingerprint density at radius 1 is 1.32 bits per heavy atom. The molecular formula is C10H12F2N2O4S. The standard InChI is InChI=1S/C10H12F2N2O4S/c11-10(12,6-15)5-14-19(17,18)8-3-1-7(2-4-8)9(13)16/h1-4,14-15H,5-6H2,(H2,13,16). The minimum Gasteiger partial charge on any atom is -0.390 e. The molecule has 19 heavy (non-hydrogen) atoms. The molecule has 0 atom stereocenters. The number of nitrogens with one attached hydrogen (secondary N) is 1. The number of rotatable bonds is 6. The smallest absolute Gasteiger partial charge is 0.283 e. The van der Waals surface area contributed by atoms with Crippen molar-refractivity contribution < 1.29 is 27.1 Å². The highest BCUT2D eigenvalue weighted by atomic mass is 32.2. The second-order valence-electron chi connectivity index (χ2n) is 3.73. The molecule has 1 aromatic carbocycles. The molecule has 0 radical (unpaired) electrons. The van der Waals surface area contributed by atoms with Crippen LogP contribution >= 0.6 is 0 Å². The Bertz CT molecular complexity index is 557. The lowest BCUT2D eigenvalue weighted by atomic mass is 10.2. The summed E-state index contributed by atoms with van der Waals surface area (Å²) in [4.78, 5) is 10.5. The molecule has 9 heteroatoms. The average molecular weight is 294 g/mol. The van der Waals surface area contributed by atoms with Gasteiger partial charge in [-0.2, -0.15) is 0 Å². The van der Waals surface area contributed by atoms with Gasteiger partial charge in [0.2, 0.25) is 15.9 Å². The molecule has 0 aliphatic heterocycles. The normalized spacial score (nSPS) is 12.4. The molecular weight excluding hydrogens is 282 g/mol. The number of benzene rings is 1. The number of sulfonamides is 1. The Balaban J connectivity index is 2.86. The minimum atomic E-state index is -4.14. The van der Waals surface area contributed by atoms with E-state index in [0.717, 1.165) is 12.1 Å². The molecule has 0 saturated heterocycles. The monoisotopic (exact) mass is 294 g/mol. The Labute approximate surface area is 108 Å². The van der Waals surface area contributed by atoms with Crippen molar-refractivity contribution in [2.45, 2.75) is 10.8 Å². The van der Waals surface area contributed by atoms with Gasteiger partial charge in [0.15, 0.2) is 0 Å². The molecule has 4 N–H and O–H groups in total. The van der Waals surface area contributed by atoms with Crippen molar-refractivity contribution in [2.24, 2.45) is 5.73 Å². The molecule has 0 spiro atoms. The van der Waals surface area contributed by atoms with Crippen LogP contribution < -0.4 is 10.5 Å². The average Bonchev–Trinajstić information content (AvgIpc) is 2.37. The summed E-state index contributed by atoms with van der Waals surface area (Å²) >= 11 is 0. The number of carbonyl (C=O) groups is 1. The van der Waals surface area contributed by atoms with Crippen LogP contribution in [0.25, 0.3) is 0 Å². The van der Waals surface area contributed by atoms with E-state index in [2.05, 4.69) is 0 Å². The van der Waals surface area contributed by atoms with Gasteiger partial charge in [-0.1, -0.05) is 0 Å². The van der Waals surface area contributed by atoms with Gasteiger partial charge < -0.3 is 10.8 Å². The van der Waals surface area contributed by atoms with Crippen molar-refractivity contribution in [1.29, 1.82) is 0 Å². The van der Waals surface area contributed by atoms with Crippen LogP contribution in [0.1, 0.15) is 10.4 Å². The zero-order valence-corrected chi connectivity index (χ0v) is 10.5. The van der Waals surface area contributed by atoms with E-state index in [1.54, 1.807) is 4.72 Å². The number of hydrogen-bond acceptors (Lipinski definition) is 4. The van der Waals surface area contributed by atoms with Crippen molar-refractivity contribution in [3.05, 3.63) is 29.8 Å². The van der Waals surface area contributed by atoms with E-state index in [1.165, 1.54) is 12.1 Å². The first kappa shape index (κ1) is 15.5. The number of primary amides is 1. The summed E-state index contributed by atoms with van der Waals surface area (Å²) < 4.78 is 50.4. The highest BCUT2D eigenvalue weighted by molar-refractivity contribution is 7.89. The van der Waals surface area contributed by atoms with Gasteiger partial charge in [-0.05, 0) is 24.3 Å². The molecule has 106 valence electrons. The lowest BCUT2D eigenvalue weighted by Crippen LogP contribution is -2.38. The number of nitrogens with two attached hydrogens (primary N) is 1. The Morgan fingerprint density at radius 2 is 1.84 bits per heavy atom. The van der Waals surface area contributed by atoms with Gasteiger partial charge in [0.1, 0.15) is 6.61 Å². The van der Waals surface area contributed by atoms with Gasteiger partial charge in [-0.25, -0.2) is 21.9 Å². The number of halogens is 2. The summed E-state index contributed by atoms with van der Waals surface area (Å²) in [6.45, 7) is -2.68. The second-order valence-corrected chi connectivity index (χ2v) is 5.49. The summed E-state index contributed by atoms with van der Waals surface area (Å²) in [6, 6.07) is 4.47. The predicted octanol–water partition coefficient (Wildman–Crippen LogP) is -0.309. The zero-order chi connectivity index (χ0) is 14.7. The zero-order valence-electron chi connectivity index (χ0n) is 9.64. The summed E-state index contributed by atoms with van der Waals surface area (Å²) in [5.74, 6) is -4.27. The van der Waals surface area contributed by atoms with E-state index >= 15 is 0 Å². The third-order valence-corrected chi connectivity index (χ3v) is 3.62. The molecule has 6 nitrogen and oxygen atoms in total.